The van der Waals surface area contributed by atoms with Gasteiger partial charge in [-0.05, 0) is 68.3 Å². The maximum absolute atomic E-state index is 12.8. The van der Waals surface area contributed by atoms with E-state index in [9.17, 15) is 14.7 Å². The van der Waals surface area contributed by atoms with Crippen LogP contribution in [0, 0.1) is 12.8 Å². The van der Waals surface area contributed by atoms with E-state index in [-0.39, 0.29) is 11.9 Å². The average molecular weight is 399 g/mol. The number of aryl methyl sites for hydroxylation is 1. The molecule has 2 saturated heterocycles. The van der Waals surface area contributed by atoms with E-state index in [0.717, 1.165) is 36.4 Å². The summed E-state index contributed by atoms with van der Waals surface area (Å²) in [4.78, 5) is 27.2. The number of rotatable bonds is 3. The predicted molar refractivity (Wildman–Crippen MR) is 107 cm³/mol. The fourth-order valence-electron chi connectivity index (χ4n) is 6.91. The maximum atomic E-state index is 12.8. The van der Waals surface area contributed by atoms with Gasteiger partial charge in [-0.3, -0.25) is 15.0 Å². The second kappa shape index (κ2) is 5.95. The number of fused-ring (bicyclic) bond motifs is 3. The van der Waals surface area contributed by atoms with Crippen LogP contribution in [0.5, 0.6) is 5.75 Å². The van der Waals surface area contributed by atoms with Crippen LogP contribution in [0.2, 0.25) is 0 Å². The van der Waals surface area contributed by atoms with Crippen molar-refractivity contribution < 1.29 is 19.4 Å². The number of carbonyl (C=O) groups excluding carboxylic acids is 2. The van der Waals surface area contributed by atoms with Crippen LogP contribution in [0.25, 0.3) is 0 Å². The number of nitrogens with one attached hydrogen (secondary N) is 2. The van der Waals surface area contributed by atoms with Crippen molar-refractivity contribution in [3.63, 3.8) is 0 Å². The first-order chi connectivity index (χ1) is 13.8. The van der Waals surface area contributed by atoms with Gasteiger partial charge >= 0.3 is 6.03 Å². The topological polar surface area (TPSA) is 90.9 Å². The summed E-state index contributed by atoms with van der Waals surface area (Å²) in [6.07, 6.45) is 2.15. The number of ether oxygens (including phenoxy) is 1. The first-order valence-electron chi connectivity index (χ1n) is 10.5. The lowest BCUT2D eigenvalue weighted by Crippen LogP contribution is -2.70. The van der Waals surface area contributed by atoms with Gasteiger partial charge in [0.05, 0.1) is 12.7 Å². The standard InChI is InChI=1S/C22H29N3O4/c1-4-25-11-14-10-20(16-9-15(29-3)6-5-13(16)2)12-21(18(26)23-19(27)24-21)7-8-22(20,28)17(14)25/h5-6,9,14,17,28H,4,7-8,10-12H2,1-3H3,(H2,23,24,26,27)/t14?,17-,20-,21+,22-/m1/s1. The molecule has 7 nitrogen and oxygen atoms in total. The molecule has 4 aliphatic rings. The number of urea groups is 1. The maximum Gasteiger partial charge on any atom is 0.322 e. The van der Waals surface area contributed by atoms with Crippen LogP contribution in [0.3, 0.4) is 0 Å². The molecule has 5 rings (SSSR count). The Morgan fingerprint density at radius 1 is 1.31 bits per heavy atom. The molecule has 156 valence electrons. The number of likely N-dealkylation sites (N-methyl/N-ethyl adjacent to an activating group) is 1. The van der Waals surface area contributed by atoms with E-state index < -0.39 is 22.6 Å². The van der Waals surface area contributed by atoms with E-state index in [2.05, 4.69) is 29.4 Å². The van der Waals surface area contributed by atoms with Crippen molar-refractivity contribution in [2.75, 3.05) is 20.2 Å². The van der Waals surface area contributed by atoms with Gasteiger partial charge in [-0.2, -0.15) is 0 Å². The molecule has 2 heterocycles. The number of amides is 3. The second-order valence-corrected chi connectivity index (χ2v) is 9.35. The number of benzene rings is 1. The van der Waals surface area contributed by atoms with Gasteiger partial charge in [0.15, 0.2) is 0 Å². The number of hydrogen-bond donors (Lipinski definition) is 3. The van der Waals surface area contributed by atoms with Crippen molar-refractivity contribution in [2.45, 2.75) is 62.1 Å². The third-order valence-electron chi connectivity index (χ3n) is 8.16. The molecule has 1 unspecified atom stereocenters. The average Bonchev–Trinajstić information content (AvgIpc) is 3.04. The molecule has 1 aromatic carbocycles. The minimum atomic E-state index is -0.959. The van der Waals surface area contributed by atoms with Gasteiger partial charge in [0.1, 0.15) is 11.3 Å². The molecule has 3 N–H and O–H groups in total. The van der Waals surface area contributed by atoms with Crippen LogP contribution >= 0.6 is 0 Å². The van der Waals surface area contributed by atoms with Crippen LogP contribution in [-0.4, -0.2) is 59.3 Å². The fourth-order valence-corrected chi connectivity index (χ4v) is 6.91. The molecule has 2 saturated carbocycles. The molecule has 1 spiro atoms. The fraction of sp³-hybridized carbons (Fsp3) is 0.636. The van der Waals surface area contributed by atoms with Crippen molar-refractivity contribution in [2.24, 2.45) is 5.92 Å². The Kier molecular flexibility index (Phi) is 3.87. The SMILES string of the molecule is CCN1CC2C[C@]3(c4cc(OC)ccc4C)C[C@]4(CC[C@@]3(O)[C@@H]21)NC(=O)NC4=O. The van der Waals surface area contributed by atoms with E-state index in [1.54, 1.807) is 7.11 Å². The van der Waals surface area contributed by atoms with E-state index >= 15 is 0 Å². The Hall–Kier alpha value is -2.12. The minimum absolute atomic E-state index is 0.0932. The van der Waals surface area contributed by atoms with Gasteiger partial charge in [-0.1, -0.05) is 13.0 Å². The van der Waals surface area contributed by atoms with Crippen LogP contribution in [0.15, 0.2) is 18.2 Å². The van der Waals surface area contributed by atoms with E-state index in [4.69, 9.17) is 4.74 Å². The molecule has 4 fully saturated rings. The third kappa shape index (κ3) is 2.26. The van der Waals surface area contributed by atoms with Crippen molar-refractivity contribution in [1.29, 1.82) is 0 Å². The van der Waals surface area contributed by atoms with E-state index in [0.29, 0.717) is 25.2 Å². The molecule has 0 aromatic heterocycles. The summed E-state index contributed by atoms with van der Waals surface area (Å²) in [5.41, 5.74) is -0.396. The number of nitrogens with zero attached hydrogens (tertiary/aromatic N) is 1. The molecule has 0 radical (unpaired) electrons. The number of aliphatic hydroxyl groups is 1. The molecule has 29 heavy (non-hydrogen) atoms. The van der Waals surface area contributed by atoms with Gasteiger partial charge in [-0.15, -0.1) is 0 Å². The van der Waals surface area contributed by atoms with Crippen molar-refractivity contribution in [1.82, 2.24) is 15.5 Å². The zero-order chi connectivity index (χ0) is 20.6. The Morgan fingerprint density at radius 3 is 2.76 bits per heavy atom. The summed E-state index contributed by atoms with van der Waals surface area (Å²) in [7, 11) is 1.64. The lowest BCUT2D eigenvalue weighted by atomic mass is 9.55. The highest BCUT2D eigenvalue weighted by Gasteiger charge is 2.73. The van der Waals surface area contributed by atoms with Gasteiger partial charge in [-0.25, -0.2) is 4.79 Å². The number of likely N-dealkylation sites (tertiary alicyclic amines) is 1. The predicted octanol–water partition coefficient (Wildman–Crippen LogP) is 1.46. The summed E-state index contributed by atoms with van der Waals surface area (Å²) in [6, 6.07) is 5.63. The monoisotopic (exact) mass is 399 g/mol. The van der Waals surface area contributed by atoms with Crippen LogP contribution in [-0.2, 0) is 10.2 Å². The highest BCUT2D eigenvalue weighted by atomic mass is 16.5. The molecule has 3 amide bonds. The van der Waals surface area contributed by atoms with Gasteiger partial charge in [0.2, 0.25) is 0 Å². The normalized spacial score (nSPS) is 40.8. The molecule has 5 atom stereocenters. The third-order valence-corrected chi connectivity index (χ3v) is 8.16. The Balaban J connectivity index is 1.69. The minimum Gasteiger partial charge on any atom is -0.497 e. The van der Waals surface area contributed by atoms with E-state index in [1.165, 1.54) is 0 Å². The molecular formula is C22H29N3O4. The summed E-state index contributed by atoms with van der Waals surface area (Å²) in [6.45, 7) is 6.06. The Labute approximate surface area is 170 Å². The smallest absolute Gasteiger partial charge is 0.322 e. The highest BCUT2D eigenvalue weighted by Crippen LogP contribution is 2.65. The number of imide groups is 1. The Bertz CT molecular complexity index is 904. The Morgan fingerprint density at radius 2 is 2.10 bits per heavy atom. The van der Waals surface area contributed by atoms with Crippen LogP contribution in [0.1, 0.15) is 43.7 Å². The summed E-state index contributed by atoms with van der Waals surface area (Å²) in [5.74, 6) is 0.866. The number of methoxy groups -OCH3 is 1. The highest BCUT2D eigenvalue weighted by molar-refractivity contribution is 6.07. The van der Waals surface area contributed by atoms with E-state index in [1.807, 2.05) is 18.2 Å². The lowest BCUT2D eigenvalue weighted by Gasteiger charge is -2.57. The zero-order valence-corrected chi connectivity index (χ0v) is 17.2. The molecule has 1 aromatic rings. The van der Waals surface area contributed by atoms with Crippen molar-refractivity contribution >= 4 is 11.9 Å². The van der Waals surface area contributed by atoms with Gasteiger partial charge in [0.25, 0.3) is 5.91 Å². The van der Waals surface area contributed by atoms with Crippen molar-refractivity contribution in [3.8, 4) is 5.75 Å². The first-order valence-corrected chi connectivity index (χ1v) is 10.5. The molecule has 2 aliphatic heterocycles. The largest absolute Gasteiger partial charge is 0.497 e. The lowest BCUT2D eigenvalue weighted by molar-refractivity contribution is -0.147. The molecular weight excluding hydrogens is 370 g/mol. The number of carbonyl (C=O) groups is 2. The summed E-state index contributed by atoms with van der Waals surface area (Å²) < 4.78 is 5.50. The first kappa shape index (κ1) is 18.9. The quantitative estimate of drug-likeness (QED) is 0.670. The van der Waals surface area contributed by atoms with Gasteiger partial charge < -0.3 is 15.2 Å². The van der Waals surface area contributed by atoms with Gasteiger partial charge in [0, 0.05) is 18.0 Å². The van der Waals surface area contributed by atoms with Crippen LogP contribution in [0.4, 0.5) is 4.79 Å². The van der Waals surface area contributed by atoms with Crippen LogP contribution < -0.4 is 15.4 Å². The summed E-state index contributed by atoms with van der Waals surface area (Å²) >= 11 is 0. The summed E-state index contributed by atoms with van der Waals surface area (Å²) in [5, 5.41) is 17.6. The van der Waals surface area contributed by atoms with Crippen molar-refractivity contribution in [3.05, 3.63) is 29.3 Å². The molecule has 2 aliphatic carbocycles. The zero-order valence-electron chi connectivity index (χ0n) is 17.2. The molecule has 7 heteroatoms. The number of hydrogen-bond acceptors (Lipinski definition) is 5. The molecule has 0 bridgehead atoms. The second-order valence-electron chi connectivity index (χ2n) is 9.35.